The van der Waals surface area contributed by atoms with Crippen molar-refractivity contribution in [1.82, 2.24) is 9.62 Å². The molecule has 10 heteroatoms. The Morgan fingerprint density at radius 3 is 2.23 bits per heavy atom. The molecular formula is C21H24F3N3O3S. The molecule has 0 spiro atoms. The van der Waals surface area contributed by atoms with Crippen LogP contribution in [0.25, 0.3) is 0 Å². The van der Waals surface area contributed by atoms with E-state index in [1.807, 2.05) is 4.90 Å². The number of anilines is 1. The Hall–Kier alpha value is -2.59. The van der Waals surface area contributed by atoms with E-state index in [4.69, 9.17) is 0 Å². The molecule has 0 radical (unpaired) electrons. The summed E-state index contributed by atoms with van der Waals surface area (Å²) in [4.78, 5) is 15.0. The summed E-state index contributed by atoms with van der Waals surface area (Å²) < 4.78 is 64.2. The lowest BCUT2D eigenvalue weighted by Gasteiger charge is -2.22. The third-order valence-electron chi connectivity index (χ3n) is 5.17. The van der Waals surface area contributed by atoms with Gasteiger partial charge < -0.3 is 10.2 Å². The molecule has 0 saturated carbocycles. The van der Waals surface area contributed by atoms with Gasteiger partial charge in [-0.1, -0.05) is 12.1 Å². The summed E-state index contributed by atoms with van der Waals surface area (Å²) in [5, 5.41) is 2.69. The zero-order valence-electron chi connectivity index (χ0n) is 17.2. The number of alkyl halides is 3. The van der Waals surface area contributed by atoms with Gasteiger partial charge in [-0.2, -0.15) is 13.2 Å². The first-order valence-electron chi connectivity index (χ1n) is 9.76. The molecule has 0 aromatic heterocycles. The molecule has 0 unspecified atom stereocenters. The molecule has 168 valence electrons. The number of carbonyl (C=O) groups is 1. The van der Waals surface area contributed by atoms with E-state index >= 15 is 0 Å². The Bertz CT molecular complexity index is 1050. The van der Waals surface area contributed by atoms with Gasteiger partial charge in [0.2, 0.25) is 10.0 Å². The highest BCUT2D eigenvalue weighted by molar-refractivity contribution is 7.89. The Morgan fingerprint density at radius 1 is 1.06 bits per heavy atom. The van der Waals surface area contributed by atoms with Crippen LogP contribution < -0.4 is 10.2 Å². The minimum atomic E-state index is -4.43. The van der Waals surface area contributed by atoms with Gasteiger partial charge in [-0.05, 0) is 48.7 Å². The number of carbonyl (C=O) groups excluding carboxylic acids is 1. The van der Waals surface area contributed by atoms with E-state index in [0.29, 0.717) is 11.3 Å². The molecule has 31 heavy (non-hydrogen) atoms. The number of benzene rings is 2. The minimum Gasteiger partial charge on any atom is -0.371 e. The first-order valence-corrected chi connectivity index (χ1v) is 11.2. The average Bonchev–Trinajstić information content (AvgIpc) is 3.25. The molecule has 1 saturated heterocycles. The topological polar surface area (TPSA) is 69.7 Å². The zero-order chi connectivity index (χ0) is 22.8. The molecule has 2 aromatic rings. The number of hydrogen-bond acceptors (Lipinski definition) is 4. The van der Waals surface area contributed by atoms with Gasteiger partial charge in [0.05, 0.1) is 16.0 Å². The van der Waals surface area contributed by atoms with Crippen LogP contribution in [-0.2, 0) is 22.7 Å². The lowest BCUT2D eigenvalue weighted by molar-refractivity contribution is -0.137. The van der Waals surface area contributed by atoms with E-state index in [2.05, 4.69) is 5.32 Å². The van der Waals surface area contributed by atoms with Crippen molar-refractivity contribution in [2.75, 3.05) is 32.1 Å². The van der Waals surface area contributed by atoms with Crippen LogP contribution in [0.1, 0.15) is 34.3 Å². The van der Waals surface area contributed by atoms with Crippen LogP contribution in [0, 0.1) is 0 Å². The van der Waals surface area contributed by atoms with Crippen molar-refractivity contribution in [1.29, 1.82) is 0 Å². The summed E-state index contributed by atoms with van der Waals surface area (Å²) in [6.07, 6.45) is -2.47. The van der Waals surface area contributed by atoms with Gasteiger partial charge in [0, 0.05) is 39.4 Å². The molecule has 1 aliphatic heterocycles. The second kappa shape index (κ2) is 8.88. The smallest absolute Gasteiger partial charge is 0.371 e. The van der Waals surface area contributed by atoms with E-state index < -0.39 is 27.7 Å². The van der Waals surface area contributed by atoms with Gasteiger partial charge in [-0.3, -0.25) is 4.79 Å². The maximum absolute atomic E-state index is 12.9. The van der Waals surface area contributed by atoms with Crippen LogP contribution in [0.15, 0.2) is 47.4 Å². The molecule has 0 aliphatic carbocycles. The van der Waals surface area contributed by atoms with Crippen molar-refractivity contribution in [3.63, 3.8) is 0 Å². The second-order valence-electron chi connectivity index (χ2n) is 7.54. The van der Waals surface area contributed by atoms with Crippen molar-refractivity contribution in [3.05, 3.63) is 59.2 Å². The van der Waals surface area contributed by atoms with Gasteiger partial charge in [-0.25, -0.2) is 12.7 Å². The highest BCUT2D eigenvalue weighted by Gasteiger charge is 2.30. The van der Waals surface area contributed by atoms with E-state index in [9.17, 15) is 26.4 Å². The number of halogens is 3. The first-order chi connectivity index (χ1) is 14.5. The van der Waals surface area contributed by atoms with Crippen LogP contribution in [0.4, 0.5) is 18.9 Å². The van der Waals surface area contributed by atoms with E-state index in [-0.39, 0.29) is 17.0 Å². The largest absolute Gasteiger partial charge is 0.416 e. The summed E-state index contributed by atoms with van der Waals surface area (Å²) in [6.45, 7) is 1.54. The fraction of sp³-hybridized carbons (Fsp3) is 0.381. The lowest BCUT2D eigenvalue weighted by atomic mass is 10.1. The second-order valence-corrected chi connectivity index (χ2v) is 9.69. The Labute approximate surface area is 179 Å². The van der Waals surface area contributed by atoms with Crippen molar-refractivity contribution in [2.45, 2.75) is 30.5 Å². The highest BCUT2D eigenvalue weighted by atomic mass is 32.2. The van der Waals surface area contributed by atoms with Gasteiger partial charge in [0.25, 0.3) is 5.91 Å². The fourth-order valence-corrected chi connectivity index (χ4v) is 4.32. The van der Waals surface area contributed by atoms with Gasteiger partial charge in [0.1, 0.15) is 0 Å². The molecule has 1 heterocycles. The predicted octanol–water partition coefficient (Wildman–Crippen LogP) is 3.49. The van der Waals surface area contributed by atoms with Crippen molar-refractivity contribution in [2.24, 2.45) is 0 Å². The molecule has 6 nitrogen and oxygen atoms in total. The summed E-state index contributed by atoms with van der Waals surface area (Å²) >= 11 is 0. The third-order valence-corrected chi connectivity index (χ3v) is 6.98. The van der Waals surface area contributed by atoms with Crippen LogP contribution in [0.2, 0.25) is 0 Å². The Kier molecular flexibility index (Phi) is 6.61. The monoisotopic (exact) mass is 455 g/mol. The molecule has 2 aromatic carbocycles. The standard InChI is InChI=1S/C21H24F3N3O3S/c1-26(2)31(29,30)17-9-10-19(27-11-3-4-12-27)18(13-17)20(28)25-14-15-5-7-16(8-6-15)21(22,23)24/h5-10,13H,3-4,11-12,14H2,1-2H3,(H,25,28). The molecule has 0 atom stereocenters. The molecule has 1 aliphatic rings. The lowest BCUT2D eigenvalue weighted by Crippen LogP contribution is -2.28. The minimum absolute atomic E-state index is 0.000118. The number of nitrogens with zero attached hydrogens (tertiary/aromatic N) is 2. The highest BCUT2D eigenvalue weighted by Crippen LogP contribution is 2.30. The molecule has 1 N–H and O–H groups in total. The summed E-state index contributed by atoms with van der Waals surface area (Å²) in [5.74, 6) is -0.488. The number of hydrogen-bond donors (Lipinski definition) is 1. The fourth-order valence-electron chi connectivity index (χ4n) is 3.39. The predicted molar refractivity (Wildman–Crippen MR) is 111 cm³/mol. The van der Waals surface area contributed by atoms with Crippen LogP contribution >= 0.6 is 0 Å². The third kappa shape index (κ3) is 5.19. The quantitative estimate of drug-likeness (QED) is 0.724. The molecule has 1 amide bonds. The Morgan fingerprint density at radius 2 is 1.68 bits per heavy atom. The maximum Gasteiger partial charge on any atom is 0.416 e. The van der Waals surface area contributed by atoms with Gasteiger partial charge in [0.15, 0.2) is 0 Å². The van der Waals surface area contributed by atoms with Crippen LogP contribution in [0.3, 0.4) is 0 Å². The summed E-state index contributed by atoms with van der Waals surface area (Å²) in [6, 6.07) is 8.99. The Balaban J connectivity index is 1.85. The van der Waals surface area contributed by atoms with Crippen LogP contribution in [0.5, 0.6) is 0 Å². The molecule has 0 bridgehead atoms. The molecule has 3 rings (SSSR count). The molecule has 1 fully saturated rings. The van der Waals surface area contributed by atoms with Crippen LogP contribution in [-0.4, -0.2) is 45.8 Å². The SMILES string of the molecule is CN(C)S(=O)(=O)c1ccc(N2CCCC2)c(C(=O)NCc2ccc(C(F)(F)F)cc2)c1. The van der Waals surface area contributed by atoms with Crippen molar-refractivity contribution >= 4 is 21.6 Å². The number of sulfonamides is 1. The molecular weight excluding hydrogens is 431 g/mol. The van der Waals surface area contributed by atoms with E-state index in [1.54, 1.807) is 6.07 Å². The maximum atomic E-state index is 12.9. The number of rotatable bonds is 6. The summed E-state index contributed by atoms with van der Waals surface area (Å²) in [5.41, 5.74) is 0.596. The van der Waals surface area contributed by atoms with E-state index in [0.717, 1.165) is 42.4 Å². The van der Waals surface area contributed by atoms with Gasteiger partial charge in [-0.15, -0.1) is 0 Å². The summed E-state index contributed by atoms with van der Waals surface area (Å²) in [7, 11) is -0.909. The van der Waals surface area contributed by atoms with E-state index in [1.165, 1.54) is 38.4 Å². The first kappa shape index (κ1) is 23.1. The van der Waals surface area contributed by atoms with Crippen molar-refractivity contribution in [3.8, 4) is 0 Å². The number of amides is 1. The normalized spacial score (nSPS) is 14.8. The van der Waals surface area contributed by atoms with Gasteiger partial charge >= 0.3 is 6.18 Å². The zero-order valence-corrected chi connectivity index (χ0v) is 18.1. The average molecular weight is 456 g/mol. The van der Waals surface area contributed by atoms with Crippen molar-refractivity contribution < 1.29 is 26.4 Å². The number of nitrogens with one attached hydrogen (secondary N) is 1.